The molecule has 1 aliphatic carbocycles. The summed E-state index contributed by atoms with van der Waals surface area (Å²) in [5.74, 6) is -1.65. The number of aromatic nitrogens is 2. The van der Waals surface area contributed by atoms with Gasteiger partial charge < -0.3 is 21.3 Å². The molecule has 2 heterocycles. The molecule has 0 spiro atoms. The second kappa shape index (κ2) is 12.2. The van der Waals surface area contributed by atoms with Crippen LogP contribution in [0.15, 0.2) is 67.0 Å². The van der Waals surface area contributed by atoms with E-state index >= 15 is 0 Å². The van der Waals surface area contributed by atoms with E-state index in [0.29, 0.717) is 30.9 Å². The Labute approximate surface area is 237 Å². The Morgan fingerprint density at radius 3 is 2.41 bits per heavy atom. The van der Waals surface area contributed by atoms with Gasteiger partial charge in [0.05, 0.1) is 5.69 Å². The van der Waals surface area contributed by atoms with Crippen molar-refractivity contribution in [3.8, 4) is 5.69 Å². The van der Waals surface area contributed by atoms with Crippen molar-refractivity contribution in [2.45, 2.75) is 55.8 Å². The van der Waals surface area contributed by atoms with Crippen LogP contribution in [0.2, 0.25) is 0 Å². The topological polar surface area (TPSA) is 122 Å². The van der Waals surface area contributed by atoms with E-state index in [1.807, 2.05) is 0 Å². The summed E-state index contributed by atoms with van der Waals surface area (Å²) in [5, 5.41) is 10.5. The molecule has 5 rings (SSSR count). The number of likely N-dealkylation sites (tertiary alicyclic amines) is 1. The number of nitrogens with zero attached hydrogens (tertiary/aromatic N) is 3. The largest absolute Gasteiger partial charge is 0.367 e. The van der Waals surface area contributed by atoms with Gasteiger partial charge in [0.15, 0.2) is 5.67 Å². The van der Waals surface area contributed by atoms with Crippen molar-refractivity contribution in [1.29, 1.82) is 0 Å². The van der Waals surface area contributed by atoms with Crippen molar-refractivity contribution in [3.05, 3.63) is 83.9 Å². The van der Waals surface area contributed by atoms with Gasteiger partial charge in [-0.25, -0.2) is 13.5 Å². The van der Waals surface area contributed by atoms with Crippen LogP contribution < -0.4 is 16.4 Å². The molecular formula is C30H34F2N6O3. The Kier molecular flexibility index (Phi) is 8.44. The molecule has 0 bridgehead atoms. The summed E-state index contributed by atoms with van der Waals surface area (Å²) in [4.78, 5) is 39.6. The van der Waals surface area contributed by atoms with Gasteiger partial charge in [-0.3, -0.25) is 14.4 Å². The van der Waals surface area contributed by atoms with Gasteiger partial charge in [-0.05, 0) is 73.8 Å². The number of carbonyl (C=O) groups is 3. The molecule has 4 N–H and O–H groups in total. The molecule has 3 amide bonds. The highest BCUT2D eigenvalue weighted by atomic mass is 19.1. The van der Waals surface area contributed by atoms with Crippen LogP contribution in [0.3, 0.4) is 0 Å². The SMILES string of the molecule is NC(=O)C1(F)CCN(C(=O)[C@H](CCCNC2C[C@H]2c2ccc(F)cc2)NC(=O)c2ccc(-n3cccn3)cc2)CC1. The van der Waals surface area contributed by atoms with Gasteiger partial charge in [-0.1, -0.05) is 12.1 Å². The number of carbonyl (C=O) groups excluding carboxylic acids is 3. The fraction of sp³-hybridized carbons (Fsp3) is 0.400. The zero-order valence-electron chi connectivity index (χ0n) is 22.6. The Morgan fingerprint density at radius 2 is 1.78 bits per heavy atom. The molecule has 1 saturated heterocycles. The summed E-state index contributed by atoms with van der Waals surface area (Å²) in [6, 6.07) is 14.7. The van der Waals surface area contributed by atoms with Crippen LogP contribution in [0.4, 0.5) is 8.78 Å². The Hall–Kier alpha value is -4.12. The fourth-order valence-electron chi connectivity index (χ4n) is 5.33. The molecule has 41 heavy (non-hydrogen) atoms. The number of alkyl halides is 1. The maximum Gasteiger partial charge on any atom is 0.255 e. The highest BCUT2D eigenvalue weighted by Gasteiger charge is 2.42. The van der Waals surface area contributed by atoms with Gasteiger partial charge in [0.1, 0.15) is 11.9 Å². The monoisotopic (exact) mass is 564 g/mol. The Balaban J connectivity index is 1.19. The maximum absolute atomic E-state index is 14.7. The minimum Gasteiger partial charge on any atom is -0.367 e. The normalized spacial score (nSPS) is 20.3. The number of rotatable bonds is 11. The van der Waals surface area contributed by atoms with Crippen LogP contribution in [-0.2, 0) is 9.59 Å². The minimum atomic E-state index is -2.12. The molecule has 11 heteroatoms. The van der Waals surface area contributed by atoms with Crippen molar-refractivity contribution in [2.75, 3.05) is 19.6 Å². The summed E-state index contributed by atoms with van der Waals surface area (Å²) in [5.41, 5.74) is 5.37. The van der Waals surface area contributed by atoms with E-state index in [-0.39, 0.29) is 43.7 Å². The van der Waals surface area contributed by atoms with Crippen molar-refractivity contribution in [1.82, 2.24) is 25.3 Å². The molecule has 0 radical (unpaired) electrons. The molecule has 1 aromatic heterocycles. The number of halogens is 2. The van der Waals surface area contributed by atoms with E-state index in [0.717, 1.165) is 17.7 Å². The average Bonchev–Trinajstić information content (AvgIpc) is 3.53. The van der Waals surface area contributed by atoms with Crippen LogP contribution in [0.1, 0.15) is 53.9 Å². The van der Waals surface area contributed by atoms with Crippen LogP contribution in [0, 0.1) is 5.82 Å². The fourth-order valence-corrected chi connectivity index (χ4v) is 5.33. The second-order valence-electron chi connectivity index (χ2n) is 10.8. The first-order chi connectivity index (χ1) is 19.7. The number of piperidine rings is 1. The van der Waals surface area contributed by atoms with E-state index in [2.05, 4.69) is 15.7 Å². The highest BCUT2D eigenvalue weighted by Crippen LogP contribution is 2.40. The molecule has 3 aromatic rings. The first-order valence-electron chi connectivity index (χ1n) is 13.9. The van der Waals surface area contributed by atoms with E-state index < -0.39 is 23.5 Å². The van der Waals surface area contributed by atoms with Gasteiger partial charge in [0.2, 0.25) is 5.91 Å². The van der Waals surface area contributed by atoms with Crippen molar-refractivity contribution >= 4 is 17.7 Å². The first-order valence-corrected chi connectivity index (χ1v) is 13.9. The summed E-state index contributed by atoms with van der Waals surface area (Å²) in [7, 11) is 0. The lowest BCUT2D eigenvalue weighted by molar-refractivity contribution is -0.141. The number of primary amides is 1. The summed E-state index contributed by atoms with van der Waals surface area (Å²) in [6.45, 7) is 0.724. The molecule has 2 fully saturated rings. The predicted molar refractivity (Wildman–Crippen MR) is 148 cm³/mol. The second-order valence-corrected chi connectivity index (χ2v) is 10.8. The first kappa shape index (κ1) is 28.4. The molecule has 1 unspecified atom stereocenters. The standard InChI is InChI=1S/C30H34F2N6O3/c31-22-8-4-20(5-9-22)24-19-26(24)34-14-1-3-25(28(40)37-17-12-30(32,13-18-37)29(33)41)36-27(39)21-6-10-23(11-7-21)38-16-2-15-35-38/h2,4-11,15-16,24-26,34H,1,3,12-14,17-19H2,(H2,33,41)(H,36,39)/t24-,25-,26?/m0/s1. The van der Waals surface area contributed by atoms with Crippen LogP contribution >= 0.6 is 0 Å². The lowest BCUT2D eigenvalue weighted by atomic mass is 9.92. The number of nitrogens with one attached hydrogen (secondary N) is 2. The smallest absolute Gasteiger partial charge is 0.255 e. The van der Waals surface area contributed by atoms with Crippen molar-refractivity contribution < 1.29 is 23.2 Å². The zero-order valence-corrected chi connectivity index (χ0v) is 22.6. The molecule has 216 valence electrons. The quantitative estimate of drug-likeness (QED) is 0.309. The van der Waals surface area contributed by atoms with Crippen LogP contribution in [-0.4, -0.2) is 69.8 Å². The molecule has 2 aliphatic rings. The van der Waals surface area contributed by atoms with Gasteiger partial charge in [0, 0.05) is 55.8 Å². The number of amides is 3. The number of nitrogens with two attached hydrogens (primary N) is 1. The van der Waals surface area contributed by atoms with Gasteiger partial charge in [0.25, 0.3) is 11.8 Å². The lowest BCUT2D eigenvalue weighted by Gasteiger charge is -2.36. The molecule has 1 saturated carbocycles. The molecule has 1 aliphatic heterocycles. The Bertz CT molecular complexity index is 1360. The van der Waals surface area contributed by atoms with Crippen LogP contribution in [0.25, 0.3) is 5.69 Å². The maximum atomic E-state index is 14.7. The third-order valence-electron chi connectivity index (χ3n) is 7.98. The van der Waals surface area contributed by atoms with Crippen molar-refractivity contribution in [3.63, 3.8) is 0 Å². The molecule has 3 atom stereocenters. The Morgan fingerprint density at radius 1 is 1.07 bits per heavy atom. The van der Waals surface area contributed by atoms with Crippen molar-refractivity contribution in [2.24, 2.45) is 5.73 Å². The third-order valence-corrected chi connectivity index (χ3v) is 7.98. The summed E-state index contributed by atoms with van der Waals surface area (Å²) in [6.07, 6.45) is 5.07. The van der Waals surface area contributed by atoms with E-state index in [1.54, 1.807) is 59.5 Å². The van der Waals surface area contributed by atoms with E-state index in [9.17, 15) is 23.2 Å². The van der Waals surface area contributed by atoms with Gasteiger partial charge in [-0.15, -0.1) is 0 Å². The highest BCUT2D eigenvalue weighted by molar-refractivity contribution is 5.97. The van der Waals surface area contributed by atoms with Crippen LogP contribution in [0.5, 0.6) is 0 Å². The molecular weight excluding hydrogens is 530 g/mol. The predicted octanol–water partition coefficient (Wildman–Crippen LogP) is 2.85. The number of benzene rings is 2. The van der Waals surface area contributed by atoms with Gasteiger partial charge >= 0.3 is 0 Å². The summed E-state index contributed by atoms with van der Waals surface area (Å²) >= 11 is 0. The minimum absolute atomic E-state index is 0.0445. The summed E-state index contributed by atoms with van der Waals surface area (Å²) < 4.78 is 29.6. The van der Waals surface area contributed by atoms with E-state index in [4.69, 9.17) is 5.73 Å². The zero-order chi connectivity index (χ0) is 29.0. The van der Waals surface area contributed by atoms with E-state index in [1.165, 1.54) is 17.0 Å². The number of hydrogen-bond donors (Lipinski definition) is 3. The molecule has 9 nitrogen and oxygen atoms in total. The molecule has 2 aromatic carbocycles. The average molecular weight is 565 g/mol. The number of hydrogen-bond acceptors (Lipinski definition) is 5. The van der Waals surface area contributed by atoms with Gasteiger partial charge in [-0.2, -0.15) is 5.10 Å². The third kappa shape index (κ3) is 6.79. The lowest BCUT2D eigenvalue weighted by Crippen LogP contribution is -2.55.